The fourth-order valence-electron chi connectivity index (χ4n) is 1.67. The van der Waals surface area contributed by atoms with Gasteiger partial charge in [-0.2, -0.15) is 5.26 Å². The van der Waals surface area contributed by atoms with E-state index < -0.39 is 0 Å². The molecule has 70 valence electrons. The molecule has 0 bridgehead atoms. The van der Waals surface area contributed by atoms with Crippen LogP contribution in [0.25, 0.3) is 11.0 Å². The average Bonchev–Trinajstić information content (AvgIpc) is 2.55. The standard InChI is InChI=1S/C11H11N3/c1-3-10-13-11-8(7-12)5-4-6-9(11)14(10)2/h4-6H,3H2,1-2H3. The van der Waals surface area contributed by atoms with Crippen molar-refractivity contribution in [2.24, 2.45) is 7.05 Å². The van der Waals surface area contributed by atoms with Crippen LogP contribution < -0.4 is 0 Å². The number of hydrogen-bond donors (Lipinski definition) is 0. The Morgan fingerprint density at radius 2 is 2.29 bits per heavy atom. The Hall–Kier alpha value is -1.82. The van der Waals surface area contributed by atoms with Gasteiger partial charge in [-0.1, -0.05) is 13.0 Å². The minimum atomic E-state index is 0.651. The van der Waals surface area contributed by atoms with E-state index >= 15 is 0 Å². The summed E-state index contributed by atoms with van der Waals surface area (Å²) in [6.45, 7) is 2.06. The normalized spacial score (nSPS) is 10.4. The highest BCUT2D eigenvalue weighted by atomic mass is 15.1. The van der Waals surface area contributed by atoms with Gasteiger partial charge in [0.2, 0.25) is 0 Å². The first-order chi connectivity index (χ1) is 6.77. The molecule has 3 heteroatoms. The topological polar surface area (TPSA) is 41.6 Å². The molecule has 3 nitrogen and oxygen atoms in total. The number of nitriles is 1. The monoisotopic (exact) mass is 185 g/mol. The van der Waals surface area contributed by atoms with Crippen molar-refractivity contribution >= 4 is 11.0 Å². The molecule has 0 saturated heterocycles. The van der Waals surface area contributed by atoms with Gasteiger partial charge in [0.05, 0.1) is 11.1 Å². The number of fused-ring (bicyclic) bond motifs is 1. The maximum Gasteiger partial charge on any atom is 0.109 e. The van der Waals surface area contributed by atoms with Gasteiger partial charge in [-0.15, -0.1) is 0 Å². The molecule has 0 spiro atoms. The second-order valence-electron chi connectivity index (χ2n) is 3.23. The Morgan fingerprint density at radius 1 is 1.50 bits per heavy atom. The van der Waals surface area contributed by atoms with Crippen molar-refractivity contribution in [3.8, 4) is 6.07 Å². The average molecular weight is 185 g/mol. The lowest BCUT2D eigenvalue weighted by Gasteiger charge is -1.97. The number of nitrogens with zero attached hydrogens (tertiary/aromatic N) is 3. The molecule has 2 rings (SSSR count). The number of aryl methyl sites for hydroxylation is 2. The van der Waals surface area contributed by atoms with E-state index in [2.05, 4.69) is 18.0 Å². The van der Waals surface area contributed by atoms with Crippen LogP contribution in [0.15, 0.2) is 18.2 Å². The smallest absolute Gasteiger partial charge is 0.109 e. The first kappa shape index (κ1) is 8.76. The van der Waals surface area contributed by atoms with Gasteiger partial charge in [-0.25, -0.2) is 4.98 Å². The molecule has 1 aromatic heterocycles. The fraction of sp³-hybridized carbons (Fsp3) is 0.273. The number of rotatable bonds is 1. The van der Waals surface area contributed by atoms with Gasteiger partial charge in [0, 0.05) is 13.5 Å². The summed E-state index contributed by atoms with van der Waals surface area (Å²) in [5, 5.41) is 8.91. The van der Waals surface area contributed by atoms with Gasteiger partial charge in [-0.05, 0) is 12.1 Å². The maximum atomic E-state index is 8.91. The highest BCUT2D eigenvalue weighted by Gasteiger charge is 2.08. The summed E-state index contributed by atoms with van der Waals surface area (Å²) in [6, 6.07) is 7.84. The number of para-hydroxylation sites is 1. The predicted octanol–water partition coefficient (Wildman–Crippen LogP) is 2.01. The molecule has 1 aromatic carbocycles. The Morgan fingerprint density at radius 3 is 2.93 bits per heavy atom. The molecule has 0 radical (unpaired) electrons. The van der Waals surface area contributed by atoms with Crippen LogP contribution in [0.1, 0.15) is 18.3 Å². The van der Waals surface area contributed by atoms with Crippen LogP contribution in [0.5, 0.6) is 0 Å². The molecule has 0 aliphatic rings. The summed E-state index contributed by atoms with van der Waals surface area (Å²) in [6.07, 6.45) is 0.885. The second-order valence-corrected chi connectivity index (χ2v) is 3.23. The quantitative estimate of drug-likeness (QED) is 0.682. The lowest BCUT2D eigenvalue weighted by molar-refractivity contribution is 0.829. The molecular formula is C11H11N3. The molecule has 0 atom stereocenters. The molecule has 0 amide bonds. The minimum Gasteiger partial charge on any atom is -0.331 e. The number of aromatic nitrogens is 2. The molecule has 14 heavy (non-hydrogen) atoms. The molecule has 0 N–H and O–H groups in total. The van der Waals surface area contributed by atoms with Crippen molar-refractivity contribution in [3.63, 3.8) is 0 Å². The maximum absolute atomic E-state index is 8.91. The van der Waals surface area contributed by atoms with E-state index in [1.807, 2.05) is 23.7 Å². The summed E-state index contributed by atoms with van der Waals surface area (Å²) in [5.41, 5.74) is 2.49. The van der Waals surface area contributed by atoms with Crippen LogP contribution in [0.4, 0.5) is 0 Å². The van der Waals surface area contributed by atoms with Crippen molar-refractivity contribution < 1.29 is 0 Å². The number of hydrogen-bond acceptors (Lipinski definition) is 2. The van der Waals surface area contributed by atoms with Crippen LogP contribution in [0.3, 0.4) is 0 Å². The zero-order valence-corrected chi connectivity index (χ0v) is 8.28. The molecule has 0 fully saturated rings. The van der Waals surface area contributed by atoms with Crippen molar-refractivity contribution in [2.75, 3.05) is 0 Å². The molecule has 1 heterocycles. The first-order valence-electron chi connectivity index (χ1n) is 4.62. The van der Waals surface area contributed by atoms with Gasteiger partial charge in [0.25, 0.3) is 0 Å². The highest BCUT2D eigenvalue weighted by Crippen LogP contribution is 2.18. The zero-order chi connectivity index (χ0) is 10.1. The van der Waals surface area contributed by atoms with E-state index in [-0.39, 0.29) is 0 Å². The molecule has 0 saturated carbocycles. The number of benzene rings is 1. The highest BCUT2D eigenvalue weighted by molar-refractivity contribution is 5.82. The summed E-state index contributed by atoms with van der Waals surface area (Å²) < 4.78 is 2.04. The lowest BCUT2D eigenvalue weighted by Crippen LogP contribution is -1.94. The summed E-state index contributed by atoms with van der Waals surface area (Å²) in [4.78, 5) is 4.44. The van der Waals surface area contributed by atoms with E-state index in [9.17, 15) is 0 Å². The molecule has 2 aromatic rings. The lowest BCUT2D eigenvalue weighted by atomic mass is 10.2. The number of imidazole rings is 1. The largest absolute Gasteiger partial charge is 0.331 e. The fourth-order valence-corrected chi connectivity index (χ4v) is 1.67. The van der Waals surface area contributed by atoms with Crippen LogP contribution in [-0.4, -0.2) is 9.55 Å². The van der Waals surface area contributed by atoms with E-state index in [4.69, 9.17) is 5.26 Å². The third kappa shape index (κ3) is 1.08. The summed E-state index contributed by atoms with van der Waals surface area (Å²) >= 11 is 0. The van der Waals surface area contributed by atoms with E-state index in [1.165, 1.54) is 0 Å². The van der Waals surface area contributed by atoms with Gasteiger partial charge in [-0.3, -0.25) is 0 Å². The SMILES string of the molecule is CCc1nc2c(C#N)cccc2n1C. The van der Waals surface area contributed by atoms with Gasteiger partial charge < -0.3 is 4.57 Å². The summed E-state index contributed by atoms with van der Waals surface area (Å²) in [5.74, 6) is 1.02. The first-order valence-corrected chi connectivity index (χ1v) is 4.62. The van der Waals surface area contributed by atoms with Gasteiger partial charge in [0.15, 0.2) is 0 Å². The van der Waals surface area contributed by atoms with Crippen LogP contribution in [0, 0.1) is 11.3 Å². The van der Waals surface area contributed by atoms with Crippen LogP contribution in [-0.2, 0) is 13.5 Å². The Kier molecular flexibility index (Phi) is 1.97. The van der Waals surface area contributed by atoms with Gasteiger partial charge in [0.1, 0.15) is 17.4 Å². The van der Waals surface area contributed by atoms with Crippen molar-refractivity contribution in [2.45, 2.75) is 13.3 Å². The molecular weight excluding hydrogens is 174 g/mol. The molecule has 0 unspecified atom stereocenters. The van der Waals surface area contributed by atoms with Gasteiger partial charge >= 0.3 is 0 Å². The summed E-state index contributed by atoms with van der Waals surface area (Å²) in [7, 11) is 1.98. The molecule has 0 aliphatic carbocycles. The second kappa shape index (κ2) is 3.15. The van der Waals surface area contributed by atoms with E-state index in [1.54, 1.807) is 6.07 Å². The Labute approximate surface area is 82.6 Å². The third-order valence-corrected chi connectivity index (χ3v) is 2.44. The van der Waals surface area contributed by atoms with Crippen LogP contribution in [0.2, 0.25) is 0 Å². The van der Waals surface area contributed by atoms with Crippen molar-refractivity contribution in [1.82, 2.24) is 9.55 Å². The predicted molar refractivity (Wildman–Crippen MR) is 54.8 cm³/mol. The van der Waals surface area contributed by atoms with Crippen molar-refractivity contribution in [3.05, 3.63) is 29.6 Å². The Balaban J connectivity index is 2.85. The Bertz CT molecular complexity index is 517. The van der Waals surface area contributed by atoms with E-state index in [0.717, 1.165) is 23.3 Å². The zero-order valence-electron chi connectivity index (χ0n) is 8.28. The minimum absolute atomic E-state index is 0.651. The van der Waals surface area contributed by atoms with Crippen LogP contribution >= 0.6 is 0 Å². The van der Waals surface area contributed by atoms with E-state index in [0.29, 0.717) is 5.56 Å². The third-order valence-electron chi connectivity index (χ3n) is 2.44. The van der Waals surface area contributed by atoms with Crippen molar-refractivity contribution in [1.29, 1.82) is 5.26 Å². The molecule has 0 aliphatic heterocycles.